The third kappa shape index (κ3) is 2.48. The van der Waals surface area contributed by atoms with Gasteiger partial charge in [-0.2, -0.15) is 0 Å². The molecular weight excluding hydrogens is 340 g/mol. The van der Waals surface area contributed by atoms with Crippen molar-refractivity contribution in [1.29, 1.82) is 0 Å². The van der Waals surface area contributed by atoms with Gasteiger partial charge in [-0.1, -0.05) is 30.3 Å². The molecule has 0 aliphatic heterocycles. The molecule has 0 aliphatic carbocycles. The fourth-order valence-electron chi connectivity index (χ4n) is 2.86. The lowest BCUT2D eigenvalue weighted by molar-refractivity contribution is 0.316. The molecule has 3 rings (SSSR count). The van der Waals surface area contributed by atoms with Crippen LogP contribution in [0, 0.1) is 0 Å². The highest BCUT2D eigenvalue weighted by atomic mass is 16.5. The van der Waals surface area contributed by atoms with Gasteiger partial charge in [0, 0.05) is 5.56 Å². The zero-order valence-electron chi connectivity index (χ0n) is 14.8. The molecular formula is C19H18O7. The van der Waals surface area contributed by atoms with Gasteiger partial charge in [-0.3, -0.25) is 4.79 Å². The van der Waals surface area contributed by atoms with E-state index in [1.165, 1.54) is 28.4 Å². The molecule has 1 aromatic heterocycles. The van der Waals surface area contributed by atoms with E-state index in [2.05, 4.69) is 0 Å². The summed E-state index contributed by atoms with van der Waals surface area (Å²) in [5.41, 5.74) is 0.202. The molecule has 2 aromatic carbocycles. The van der Waals surface area contributed by atoms with Crippen LogP contribution in [0.25, 0.3) is 22.3 Å². The molecule has 0 aliphatic rings. The maximum Gasteiger partial charge on any atom is 0.239 e. The maximum absolute atomic E-state index is 13.1. The SMILES string of the molecule is COc1c(O)c(OC)c2oc(-c3ccccc3)c(OC)c(=O)c2c1OC. The van der Waals surface area contributed by atoms with Crippen LogP contribution >= 0.6 is 0 Å². The molecule has 7 nitrogen and oxygen atoms in total. The Morgan fingerprint density at radius 3 is 1.92 bits per heavy atom. The molecule has 0 bridgehead atoms. The summed E-state index contributed by atoms with van der Waals surface area (Å²) in [4.78, 5) is 13.1. The number of rotatable bonds is 5. The van der Waals surface area contributed by atoms with Gasteiger partial charge in [0.05, 0.1) is 28.4 Å². The predicted molar refractivity (Wildman–Crippen MR) is 95.8 cm³/mol. The van der Waals surface area contributed by atoms with Gasteiger partial charge in [-0.25, -0.2) is 0 Å². The van der Waals surface area contributed by atoms with Crippen LogP contribution in [0.2, 0.25) is 0 Å². The smallest absolute Gasteiger partial charge is 0.239 e. The zero-order valence-corrected chi connectivity index (χ0v) is 14.8. The number of phenolic OH excluding ortho intramolecular Hbond substituents is 1. The molecule has 136 valence electrons. The molecule has 0 spiro atoms. The molecule has 0 atom stereocenters. The van der Waals surface area contributed by atoms with Gasteiger partial charge in [0.15, 0.2) is 17.1 Å². The van der Waals surface area contributed by atoms with Crippen LogP contribution in [0.5, 0.6) is 28.7 Å². The molecule has 0 unspecified atom stereocenters. The standard InChI is InChI=1S/C19H18O7/c1-22-15-11-12(20)17(23-2)14(10-8-6-5-7-9-10)26-16(11)19(25-4)13(21)18(15)24-3/h5-9,21H,1-4H3. The number of methoxy groups -OCH3 is 4. The van der Waals surface area contributed by atoms with Crippen LogP contribution in [-0.4, -0.2) is 33.5 Å². The highest BCUT2D eigenvalue weighted by Crippen LogP contribution is 2.50. The van der Waals surface area contributed by atoms with Gasteiger partial charge < -0.3 is 28.5 Å². The van der Waals surface area contributed by atoms with Gasteiger partial charge in [-0.05, 0) is 0 Å². The van der Waals surface area contributed by atoms with Crippen molar-refractivity contribution in [2.75, 3.05) is 28.4 Å². The molecule has 3 aromatic rings. The Labute approximate surface area is 149 Å². The lowest BCUT2D eigenvalue weighted by atomic mass is 10.1. The second kappa shape index (κ2) is 6.87. The van der Waals surface area contributed by atoms with E-state index < -0.39 is 5.43 Å². The van der Waals surface area contributed by atoms with E-state index in [4.69, 9.17) is 23.4 Å². The average molecular weight is 358 g/mol. The van der Waals surface area contributed by atoms with Gasteiger partial charge in [0.25, 0.3) is 0 Å². The van der Waals surface area contributed by atoms with Crippen molar-refractivity contribution >= 4 is 11.0 Å². The van der Waals surface area contributed by atoms with Crippen molar-refractivity contribution in [2.45, 2.75) is 0 Å². The summed E-state index contributed by atoms with van der Waals surface area (Å²) < 4.78 is 27.0. The first kappa shape index (κ1) is 17.5. The van der Waals surface area contributed by atoms with Crippen LogP contribution in [0.15, 0.2) is 39.5 Å². The Balaban J connectivity index is 2.55. The monoisotopic (exact) mass is 358 g/mol. The van der Waals surface area contributed by atoms with Crippen LogP contribution in [-0.2, 0) is 0 Å². The number of hydrogen-bond acceptors (Lipinski definition) is 7. The van der Waals surface area contributed by atoms with E-state index in [0.717, 1.165) is 0 Å². The predicted octanol–water partition coefficient (Wildman–Crippen LogP) is 3.20. The summed E-state index contributed by atoms with van der Waals surface area (Å²) in [7, 11) is 5.44. The molecule has 1 N–H and O–H groups in total. The fraction of sp³-hybridized carbons (Fsp3) is 0.211. The Bertz CT molecular complexity index is 1010. The van der Waals surface area contributed by atoms with Crippen LogP contribution in [0.4, 0.5) is 0 Å². The molecule has 1 heterocycles. The van der Waals surface area contributed by atoms with Crippen LogP contribution in [0.1, 0.15) is 0 Å². The number of aromatic hydroxyl groups is 1. The minimum absolute atomic E-state index is 0.0109. The lowest BCUT2D eigenvalue weighted by Gasteiger charge is -2.17. The van der Waals surface area contributed by atoms with Crippen LogP contribution in [0.3, 0.4) is 0 Å². The van der Waals surface area contributed by atoms with Gasteiger partial charge >= 0.3 is 0 Å². The summed E-state index contributed by atoms with van der Waals surface area (Å²) in [6.07, 6.45) is 0. The number of ether oxygens (including phenoxy) is 4. The van der Waals surface area contributed by atoms with Gasteiger partial charge in [0.1, 0.15) is 5.39 Å². The van der Waals surface area contributed by atoms with Crippen molar-refractivity contribution in [1.82, 2.24) is 0 Å². The van der Waals surface area contributed by atoms with Crippen molar-refractivity contribution in [3.63, 3.8) is 0 Å². The van der Waals surface area contributed by atoms with Crippen molar-refractivity contribution in [2.24, 2.45) is 0 Å². The summed E-state index contributed by atoms with van der Waals surface area (Å²) in [6.45, 7) is 0. The molecule has 0 amide bonds. The third-order valence-electron chi connectivity index (χ3n) is 3.99. The van der Waals surface area contributed by atoms with Gasteiger partial charge in [-0.15, -0.1) is 0 Å². The highest BCUT2D eigenvalue weighted by Gasteiger charge is 2.29. The van der Waals surface area contributed by atoms with Gasteiger partial charge in [0.2, 0.25) is 28.4 Å². The van der Waals surface area contributed by atoms with E-state index in [1.54, 1.807) is 12.1 Å². The quantitative estimate of drug-likeness (QED) is 0.749. The molecule has 7 heteroatoms. The first-order valence-corrected chi connectivity index (χ1v) is 7.70. The van der Waals surface area contributed by atoms with E-state index >= 15 is 0 Å². The first-order chi connectivity index (χ1) is 12.6. The molecule has 26 heavy (non-hydrogen) atoms. The normalized spacial score (nSPS) is 10.6. The van der Waals surface area contributed by atoms with Crippen LogP contribution < -0.4 is 24.4 Å². The Morgan fingerprint density at radius 2 is 1.38 bits per heavy atom. The largest absolute Gasteiger partial charge is 0.501 e. The average Bonchev–Trinajstić information content (AvgIpc) is 2.67. The Kier molecular flexibility index (Phi) is 4.62. The molecule has 0 saturated carbocycles. The minimum atomic E-state index is -0.471. The first-order valence-electron chi connectivity index (χ1n) is 7.70. The molecule has 0 fully saturated rings. The van der Waals surface area contributed by atoms with Crippen molar-refractivity contribution in [3.8, 4) is 40.1 Å². The number of hydrogen-bond donors (Lipinski definition) is 1. The lowest BCUT2D eigenvalue weighted by Crippen LogP contribution is -2.10. The second-order valence-corrected chi connectivity index (χ2v) is 5.31. The third-order valence-corrected chi connectivity index (χ3v) is 3.99. The summed E-state index contributed by atoms with van der Waals surface area (Å²) in [6, 6.07) is 9.01. The summed E-state index contributed by atoms with van der Waals surface area (Å²) in [5.74, 6) is -0.125. The minimum Gasteiger partial charge on any atom is -0.501 e. The Morgan fingerprint density at radius 1 is 0.808 bits per heavy atom. The zero-order chi connectivity index (χ0) is 18.8. The highest BCUT2D eigenvalue weighted by molar-refractivity contribution is 5.96. The fourth-order valence-corrected chi connectivity index (χ4v) is 2.86. The number of phenols is 1. The summed E-state index contributed by atoms with van der Waals surface area (Å²) in [5, 5.41) is 10.5. The number of fused-ring (bicyclic) bond motifs is 1. The maximum atomic E-state index is 13.1. The number of benzene rings is 2. The summed E-state index contributed by atoms with van der Waals surface area (Å²) >= 11 is 0. The molecule has 0 saturated heterocycles. The van der Waals surface area contributed by atoms with E-state index in [-0.39, 0.29) is 45.5 Å². The topological polar surface area (TPSA) is 87.4 Å². The van der Waals surface area contributed by atoms with Crippen molar-refractivity contribution in [3.05, 3.63) is 40.6 Å². The van der Waals surface area contributed by atoms with E-state index in [9.17, 15) is 9.90 Å². The molecule has 0 radical (unpaired) electrons. The van der Waals surface area contributed by atoms with Crippen molar-refractivity contribution < 1.29 is 28.5 Å². The van der Waals surface area contributed by atoms with E-state index in [0.29, 0.717) is 5.56 Å². The Hall–Kier alpha value is -3.35. The van der Waals surface area contributed by atoms with E-state index in [1.807, 2.05) is 18.2 Å². The second-order valence-electron chi connectivity index (χ2n) is 5.31.